The minimum Gasteiger partial charge on any atom is -0.373 e. The van der Waals surface area contributed by atoms with Gasteiger partial charge < -0.3 is 4.74 Å². The minimum atomic E-state index is -0.0707. The molecule has 1 saturated heterocycles. The summed E-state index contributed by atoms with van der Waals surface area (Å²) in [6.45, 7) is 7.38. The highest BCUT2D eigenvalue weighted by Gasteiger charge is 2.21. The van der Waals surface area contributed by atoms with Gasteiger partial charge in [-0.05, 0) is 33.2 Å². The van der Waals surface area contributed by atoms with Crippen molar-refractivity contribution in [1.82, 2.24) is 10.3 Å². The number of nitrogens with two attached hydrogens (primary N) is 1. The fraction of sp³-hybridized carbons (Fsp3) is 0.917. The summed E-state index contributed by atoms with van der Waals surface area (Å²) in [5, 5.41) is 0. The van der Waals surface area contributed by atoms with Crippen LogP contribution in [0.4, 0.5) is 0 Å². The number of hydrogen-bond acceptors (Lipinski definition) is 4. The average molecular weight is 243 g/mol. The lowest BCUT2D eigenvalue weighted by molar-refractivity contribution is -0.121. The number of ether oxygens (including phenoxy) is 1. The number of carbonyl (C=O) groups excluding carboxylic acids is 1. The molecule has 0 aromatic rings. The number of rotatable bonds is 6. The quantitative estimate of drug-likeness (QED) is 0.311. The fourth-order valence-corrected chi connectivity index (χ4v) is 2.34. The van der Waals surface area contributed by atoms with Gasteiger partial charge in [-0.1, -0.05) is 6.42 Å². The Bertz CT molecular complexity index is 226. The van der Waals surface area contributed by atoms with E-state index < -0.39 is 0 Å². The maximum Gasteiger partial charge on any atom is 0.233 e. The number of amides is 1. The standard InChI is InChI=1S/C12H25N3O2/c1-10-8-15(9-11(2)17-10)7-5-3-4-6-12(16)14-13/h10-11H,3-9,13H2,1-2H3,(H,14,16)/t10-,11+. The van der Waals surface area contributed by atoms with Crippen molar-refractivity contribution in [3.8, 4) is 0 Å². The molecule has 17 heavy (non-hydrogen) atoms. The van der Waals surface area contributed by atoms with Gasteiger partial charge >= 0.3 is 0 Å². The molecular weight excluding hydrogens is 218 g/mol. The Morgan fingerprint density at radius 2 is 1.94 bits per heavy atom. The third kappa shape index (κ3) is 6.00. The van der Waals surface area contributed by atoms with Crippen LogP contribution in [0.15, 0.2) is 0 Å². The summed E-state index contributed by atoms with van der Waals surface area (Å²) in [5.41, 5.74) is 2.15. The Morgan fingerprint density at radius 3 is 2.53 bits per heavy atom. The first-order chi connectivity index (χ1) is 8.11. The molecule has 0 aliphatic carbocycles. The largest absolute Gasteiger partial charge is 0.373 e. The van der Waals surface area contributed by atoms with Crippen LogP contribution in [0.2, 0.25) is 0 Å². The Balaban J connectivity index is 2.04. The van der Waals surface area contributed by atoms with Gasteiger partial charge in [-0.2, -0.15) is 0 Å². The number of carbonyl (C=O) groups is 1. The second-order valence-electron chi connectivity index (χ2n) is 4.90. The van der Waals surface area contributed by atoms with Gasteiger partial charge in [0.15, 0.2) is 0 Å². The second kappa shape index (κ2) is 7.63. The Hall–Kier alpha value is -0.650. The third-order valence-electron chi connectivity index (χ3n) is 3.03. The summed E-state index contributed by atoms with van der Waals surface area (Å²) in [6, 6.07) is 0. The maximum absolute atomic E-state index is 10.9. The summed E-state index contributed by atoms with van der Waals surface area (Å²) in [7, 11) is 0. The van der Waals surface area contributed by atoms with Gasteiger partial charge in [-0.15, -0.1) is 0 Å². The summed E-state index contributed by atoms with van der Waals surface area (Å²) in [5.74, 6) is 4.94. The third-order valence-corrected chi connectivity index (χ3v) is 3.03. The lowest BCUT2D eigenvalue weighted by Crippen LogP contribution is -2.45. The molecule has 5 nitrogen and oxygen atoms in total. The first kappa shape index (κ1) is 14.4. The first-order valence-corrected chi connectivity index (χ1v) is 6.49. The molecule has 5 heteroatoms. The van der Waals surface area contributed by atoms with Gasteiger partial charge in [-0.25, -0.2) is 5.84 Å². The highest BCUT2D eigenvalue weighted by Crippen LogP contribution is 2.11. The predicted octanol–water partition coefficient (Wildman–Crippen LogP) is 0.646. The fourth-order valence-electron chi connectivity index (χ4n) is 2.34. The van der Waals surface area contributed by atoms with E-state index in [-0.39, 0.29) is 5.91 Å². The van der Waals surface area contributed by atoms with Gasteiger partial charge in [-0.3, -0.25) is 15.1 Å². The highest BCUT2D eigenvalue weighted by atomic mass is 16.5. The molecule has 0 aromatic heterocycles. The van der Waals surface area contributed by atoms with Gasteiger partial charge in [0.25, 0.3) is 0 Å². The van der Waals surface area contributed by atoms with Crippen molar-refractivity contribution in [3.63, 3.8) is 0 Å². The van der Waals surface area contributed by atoms with Crippen molar-refractivity contribution >= 4 is 5.91 Å². The van der Waals surface area contributed by atoms with Crippen LogP contribution < -0.4 is 11.3 Å². The Morgan fingerprint density at radius 1 is 1.29 bits per heavy atom. The monoisotopic (exact) mass is 243 g/mol. The molecular formula is C12H25N3O2. The van der Waals surface area contributed by atoms with Crippen LogP contribution in [-0.4, -0.2) is 42.6 Å². The van der Waals surface area contributed by atoms with Crippen molar-refractivity contribution < 1.29 is 9.53 Å². The highest BCUT2D eigenvalue weighted by molar-refractivity contribution is 5.74. The SMILES string of the molecule is C[C@@H]1CN(CCCCCC(=O)NN)C[C@H](C)O1. The Labute approximate surface area is 104 Å². The molecule has 2 atom stereocenters. The van der Waals surface area contributed by atoms with Crippen molar-refractivity contribution in [2.45, 2.75) is 51.7 Å². The van der Waals surface area contributed by atoms with Crippen LogP contribution in [0, 0.1) is 0 Å². The number of hydrazine groups is 1. The molecule has 0 bridgehead atoms. The van der Waals surface area contributed by atoms with E-state index in [1.807, 2.05) is 0 Å². The van der Waals surface area contributed by atoms with Crippen LogP contribution in [0.5, 0.6) is 0 Å². The molecule has 0 spiro atoms. The number of unbranched alkanes of at least 4 members (excludes halogenated alkanes) is 2. The van der Waals surface area contributed by atoms with Crippen molar-refractivity contribution in [3.05, 3.63) is 0 Å². The van der Waals surface area contributed by atoms with Crippen molar-refractivity contribution in [2.75, 3.05) is 19.6 Å². The van der Waals surface area contributed by atoms with Crippen molar-refractivity contribution in [2.24, 2.45) is 5.84 Å². The smallest absolute Gasteiger partial charge is 0.233 e. The summed E-state index contributed by atoms with van der Waals surface area (Å²) < 4.78 is 5.68. The topological polar surface area (TPSA) is 67.6 Å². The second-order valence-corrected chi connectivity index (χ2v) is 4.90. The molecule has 0 saturated carbocycles. The zero-order valence-corrected chi connectivity index (χ0v) is 10.9. The average Bonchev–Trinajstić information content (AvgIpc) is 2.27. The summed E-state index contributed by atoms with van der Waals surface area (Å²) in [6.07, 6.45) is 4.33. The molecule has 1 heterocycles. The minimum absolute atomic E-state index is 0.0707. The van der Waals surface area contributed by atoms with Crippen LogP contribution in [0.1, 0.15) is 39.5 Å². The summed E-state index contributed by atoms with van der Waals surface area (Å²) >= 11 is 0. The molecule has 3 N–H and O–H groups in total. The van der Waals surface area contributed by atoms with E-state index in [9.17, 15) is 4.79 Å². The van der Waals surface area contributed by atoms with Gasteiger partial charge in [0.1, 0.15) is 0 Å². The van der Waals surface area contributed by atoms with E-state index in [0.29, 0.717) is 18.6 Å². The van der Waals surface area contributed by atoms with Crippen LogP contribution in [-0.2, 0) is 9.53 Å². The molecule has 100 valence electrons. The van der Waals surface area contributed by atoms with E-state index in [4.69, 9.17) is 10.6 Å². The van der Waals surface area contributed by atoms with Gasteiger partial charge in [0.2, 0.25) is 5.91 Å². The van der Waals surface area contributed by atoms with Gasteiger partial charge in [0.05, 0.1) is 12.2 Å². The zero-order chi connectivity index (χ0) is 12.7. The van der Waals surface area contributed by atoms with Crippen LogP contribution >= 0.6 is 0 Å². The molecule has 0 aromatic carbocycles. The van der Waals surface area contributed by atoms with E-state index in [1.165, 1.54) is 0 Å². The first-order valence-electron chi connectivity index (χ1n) is 6.49. The van der Waals surface area contributed by atoms with E-state index in [1.54, 1.807) is 0 Å². The normalized spacial score (nSPS) is 25.8. The zero-order valence-electron chi connectivity index (χ0n) is 10.9. The Kier molecular flexibility index (Phi) is 6.47. The molecule has 1 amide bonds. The molecule has 1 rings (SSSR count). The maximum atomic E-state index is 10.9. The lowest BCUT2D eigenvalue weighted by atomic mass is 10.1. The van der Waals surface area contributed by atoms with Gasteiger partial charge in [0, 0.05) is 19.5 Å². The molecule has 1 aliphatic heterocycles. The van der Waals surface area contributed by atoms with E-state index >= 15 is 0 Å². The van der Waals surface area contributed by atoms with Crippen LogP contribution in [0.3, 0.4) is 0 Å². The molecule has 0 unspecified atom stereocenters. The number of nitrogens with one attached hydrogen (secondary N) is 1. The summed E-state index contributed by atoms with van der Waals surface area (Å²) in [4.78, 5) is 13.3. The molecule has 0 radical (unpaired) electrons. The van der Waals surface area contributed by atoms with Crippen molar-refractivity contribution in [1.29, 1.82) is 0 Å². The number of morpholine rings is 1. The predicted molar refractivity (Wildman–Crippen MR) is 67.2 cm³/mol. The lowest BCUT2D eigenvalue weighted by Gasteiger charge is -2.35. The molecule has 1 fully saturated rings. The number of nitrogens with zero attached hydrogens (tertiary/aromatic N) is 1. The molecule has 1 aliphatic rings. The van der Waals surface area contributed by atoms with E-state index in [2.05, 4.69) is 24.2 Å². The number of hydrogen-bond donors (Lipinski definition) is 2. The van der Waals surface area contributed by atoms with Crippen LogP contribution in [0.25, 0.3) is 0 Å². The van der Waals surface area contributed by atoms with E-state index in [0.717, 1.165) is 38.9 Å².